The summed E-state index contributed by atoms with van der Waals surface area (Å²) in [6.07, 6.45) is -4.34. The molecule has 0 saturated heterocycles. The van der Waals surface area contributed by atoms with Crippen molar-refractivity contribution in [3.05, 3.63) is 28.2 Å². The van der Waals surface area contributed by atoms with Crippen LogP contribution in [0.1, 0.15) is 24.8 Å². The zero-order valence-corrected chi connectivity index (χ0v) is 11.1. The van der Waals surface area contributed by atoms with Gasteiger partial charge >= 0.3 is 6.18 Å². The van der Waals surface area contributed by atoms with Gasteiger partial charge in [0.25, 0.3) is 0 Å². The maximum absolute atomic E-state index is 11.9. The van der Waals surface area contributed by atoms with E-state index < -0.39 is 12.6 Å². The van der Waals surface area contributed by atoms with Crippen LogP contribution in [-0.2, 0) is 0 Å². The summed E-state index contributed by atoms with van der Waals surface area (Å²) in [6, 6.07) is 7.20. The molecule has 0 unspecified atom stereocenters. The van der Waals surface area contributed by atoms with Crippen LogP contribution in [0.2, 0.25) is 0 Å². The summed E-state index contributed by atoms with van der Waals surface area (Å²) >= 11 is 3.25. The molecular formula is C12H12BrF3N2. The molecule has 0 aliphatic carbocycles. The largest absolute Gasteiger partial charge is 0.389 e. The average molecular weight is 321 g/mol. The molecule has 0 spiro atoms. The van der Waals surface area contributed by atoms with Crippen LogP contribution < -0.4 is 5.32 Å². The minimum absolute atomic E-state index is 0.0922. The average Bonchev–Trinajstić information content (AvgIpc) is 2.28. The molecule has 1 aromatic carbocycles. The Kier molecular flexibility index (Phi) is 5.48. The third-order valence-corrected chi connectivity index (χ3v) is 2.80. The zero-order valence-electron chi connectivity index (χ0n) is 9.52. The fraction of sp³-hybridized carbons (Fsp3) is 0.417. The lowest BCUT2D eigenvalue weighted by atomic mass is 10.2. The van der Waals surface area contributed by atoms with E-state index in [1.54, 1.807) is 18.2 Å². The van der Waals surface area contributed by atoms with E-state index in [4.69, 9.17) is 5.26 Å². The molecule has 0 aromatic heterocycles. The second-order valence-corrected chi connectivity index (χ2v) is 4.72. The second-order valence-electron chi connectivity index (χ2n) is 3.80. The molecular weight excluding hydrogens is 309 g/mol. The third-order valence-electron chi connectivity index (χ3n) is 2.30. The van der Waals surface area contributed by atoms with Gasteiger partial charge in [0.05, 0.1) is 11.3 Å². The lowest BCUT2D eigenvalue weighted by Gasteiger charge is -2.09. The molecule has 0 atom stereocenters. The predicted molar refractivity (Wildman–Crippen MR) is 67.3 cm³/mol. The first-order chi connectivity index (χ1) is 8.42. The molecule has 1 aromatic rings. The van der Waals surface area contributed by atoms with Gasteiger partial charge in [-0.05, 0) is 31.0 Å². The highest BCUT2D eigenvalue weighted by Gasteiger charge is 2.25. The number of halogens is 4. The van der Waals surface area contributed by atoms with Crippen LogP contribution in [-0.4, -0.2) is 12.7 Å². The lowest BCUT2D eigenvalue weighted by Crippen LogP contribution is -2.09. The lowest BCUT2D eigenvalue weighted by molar-refractivity contribution is -0.135. The molecule has 0 bridgehead atoms. The van der Waals surface area contributed by atoms with Gasteiger partial charge in [-0.15, -0.1) is 0 Å². The van der Waals surface area contributed by atoms with Crippen molar-refractivity contribution < 1.29 is 13.2 Å². The van der Waals surface area contributed by atoms with Gasteiger partial charge in [0.1, 0.15) is 6.07 Å². The Morgan fingerprint density at radius 3 is 2.61 bits per heavy atom. The molecule has 0 radical (unpaired) electrons. The second kappa shape index (κ2) is 6.64. The number of nitrogens with one attached hydrogen (secondary N) is 1. The van der Waals surface area contributed by atoms with E-state index in [1.165, 1.54) is 0 Å². The number of hydrogen-bond donors (Lipinski definition) is 1. The van der Waals surface area contributed by atoms with Crippen molar-refractivity contribution in [2.24, 2.45) is 0 Å². The molecule has 98 valence electrons. The van der Waals surface area contributed by atoms with Gasteiger partial charge in [-0.3, -0.25) is 0 Å². The Balaban J connectivity index is 2.38. The minimum Gasteiger partial charge on any atom is -0.384 e. The van der Waals surface area contributed by atoms with Gasteiger partial charge in [0.2, 0.25) is 0 Å². The molecule has 0 heterocycles. The number of nitrogens with zero attached hydrogens (tertiary/aromatic N) is 1. The van der Waals surface area contributed by atoms with Crippen molar-refractivity contribution in [1.29, 1.82) is 5.26 Å². The van der Waals surface area contributed by atoms with E-state index in [0.29, 0.717) is 24.2 Å². The normalized spacial score (nSPS) is 11.1. The highest BCUT2D eigenvalue weighted by Crippen LogP contribution is 2.23. The molecule has 0 fully saturated rings. The fourth-order valence-corrected chi connectivity index (χ4v) is 1.80. The van der Waals surface area contributed by atoms with Crippen molar-refractivity contribution in [3.63, 3.8) is 0 Å². The van der Waals surface area contributed by atoms with Crippen LogP contribution in [0.25, 0.3) is 0 Å². The third kappa shape index (κ3) is 5.41. The molecule has 1 rings (SSSR count). The predicted octanol–water partition coefficient (Wildman–Crippen LogP) is 4.47. The van der Waals surface area contributed by atoms with E-state index in [0.717, 1.165) is 4.47 Å². The van der Waals surface area contributed by atoms with Crippen LogP contribution in [0.4, 0.5) is 18.9 Å². The van der Waals surface area contributed by atoms with Gasteiger partial charge in [0.15, 0.2) is 0 Å². The summed E-state index contributed by atoms with van der Waals surface area (Å²) in [4.78, 5) is 0. The Labute approximate surface area is 112 Å². The van der Waals surface area contributed by atoms with Gasteiger partial charge in [0, 0.05) is 17.4 Å². The summed E-state index contributed by atoms with van der Waals surface area (Å²) < 4.78 is 36.5. The molecule has 18 heavy (non-hydrogen) atoms. The first-order valence-electron chi connectivity index (χ1n) is 5.42. The van der Waals surface area contributed by atoms with E-state index in [1.807, 2.05) is 6.07 Å². The number of rotatable bonds is 5. The highest BCUT2D eigenvalue weighted by atomic mass is 79.9. The Hall–Kier alpha value is -1.22. The van der Waals surface area contributed by atoms with Crippen molar-refractivity contribution in [2.75, 3.05) is 11.9 Å². The fourth-order valence-electron chi connectivity index (χ4n) is 1.44. The number of anilines is 1. The van der Waals surface area contributed by atoms with Crippen LogP contribution in [0.3, 0.4) is 0 Å². The van der Waals surface area contributed by atoms with Crippen LogP contribution >= 0.6 is 15.9 Å². The van der Waals surface area contributed by atoms with E-state index in [-0.39, 0.29) is 6.42 Å². The SMILES string of the molecule is N#Cc1cc(Br)ccc1NCCCCC(F)(F)F. The monoisotopic (exact) mass is 320 g/mol. The highest BCUT2D eigenvalue weighted by molar-refractivity contribution is 9.10. The number of unbranched alkanes of at least 4 members (excludes halogenated alkanes) is 1. The number of hydrogen-bond acceptors (Lipinski definition) is 2. The molecule has 0 aliphatic rings. The van der Waals surface area contributed by atoms with Crippen LogP contribution in [0, 0.1) is 11.3 Å². The van der Waals surface area contributed by atoms with Gasteiger partial charge < -0.3 is 5.32 Å². The topological polar surface area (TPSA) is 35.8 Å². The summed E-state index contributed by atoms with van der Waals surface area (Å²) in [7, 11) is 0. The number of benzene rings is 1. The van der Waals surface area contributed by atoms with Crippen LogP contribution in [0.5, 0.6) is 0 Å². The molecule has 2 nitrogen and oxygen atoms in total. The zero-order chi connectivity index (χ0) is 13.6. The van der Waals surface area contributed by atoms with Gasteiger partial charge in [-0.2, -0.15) is 18.4 Å². The van der Waals surface area contributed by atoms with Crippen LogP contribution in [0.15, 0.2) is 22.7 Å². The molecule has 6 heteroatoms. The maximum Gasteiger partial charge on any atom is 0.389 e. The van der Waals surface area contributed by atoms with Crippen molar-refractivity contribution in [2.45, 2.75) is 25.4 Å². The molecule has 0 aliphatic heterocycles. The first-order valence-corrected chi connectivity index (χ1v) is 6.22. The summed E-state index contributed by atoms with van der Waals surface area (Å²) in [5, 5.41) is 11.9. The number of alkyl halides is 3. The minimum atomic E-state index is -4.09. The smallest absolute Gasteiger partial charge is 0.384 e. The maximum atomic E-state index is 11.9. The quantitative estimate of drug-likeness (QED) is 0.813. The van der Waals surface area contributed by atoms with Gasteiger partial charge in [-0.25, -0.2) is 0 Å². The molecule has 1 N–H and O–H groups in total. The van der Waals surface area contributed by atoms with Gasteiger partial charge in [-0.1, -0.05) is 15.9 Å². The Morgan fingerprint density at radius 1 is 1.28 bits per heavy atom. The molecule has 0 amide bonds. The summed E-state index contributed by atoms with van der Waals surface area (Å²) in [5.41, 5.74) is 1.12. The number of nitriles is 1. The Morgan fingerprint density at radius 2 is 2.00 bits per heavy atom. The van der Waals surface area contributed by atoms with E-state index >= 15 is 0 Å². The summed E-state index contributed by atoms with van der Waals surface area (Å²) in [5.74, 6) is 0. The van der Waals surface area contributed by atoms with E-state index in [9.17, 15) is 13.2 Å². The van der Waals surface area contributed by atoms with Crippen molar-refractivity contribution in [3.8, 4) is 6.07 Å². The van der Waals surface area contributed by atoms with E-state index in [2.05, 4.69) is 21.2 Å². The molecule has 0 saturated carbocycles. The van der Waals surface area contributed by atoms with Crippen molar-refractivity contribution in [1.82, 2.24) is 0 Å². The Bertz CT molecular complexity index is 438. The standard InChI is InChI=1S/C12H12BrF3N2/c13-10-3-4-11(9(7-10)8-17)18-6-2-1-5-12(14,15)16/h3-4,7,18H,1-2,5-6H2. The first kappa shape index (κ1) is 14.8. The van der Waals surface area contributed by atoms with Crippen molar-refractivity contribution >= 4 is 21.6 Å². The summed E-state index contributed by atoms with van der Waals surface area (Å²) in [6.45, 7) is 0.423.